The summed E-state index contributed by atoms with van der Waals surface area (Å²) < 4.78 is 24.5. The topological polar surface area (TPSA) is 24.9 Å². The van der Waals surface area contributed by atoms with E-state index in [4.69, 9.17) is 0 Å². The lowest BCUT2D eigenvalue weighted by atomic mass is 10.1. The molecule has 1 aromatic rings. The molecule has 0 bridgehead atoms. The molecule has 0 spiro atoms. The largest absolute Gasteiger partial charge is 0.309 e. The van der Waals surface area contributed by atoms with Gasteiger partial charge < -0.3 is 5.32 Å². The van der Waals surface area contributed by atoms with E-state index in [-0.39, 0.29) is 18.5 Å². The van der Waals surface area contributed by atoms with Gasteiger partial charge in [-0.1, -0.05) is 6.92 Å². The van der Waals surface area contributed by atoms with Crippen LogP contribution in [-0.2, 0) is 0 Å². The zero-order valence-corrected chi connectivity index (χ0v) is 8.84. The Bertz CT molecular complexity index is 274. The second-order valence-corrected chi connectivity index (χ2v) is 3.36. The van der Waals surface area contributed by atoms with E-state index in [1.807, 2.05) is 6.92 Å². The van der Waals surface area contributed by atoms with Crippen molar-refractivity contribution in [3.8, 4) is 0 Å². The Labute approximate surface area is 88.7 Å². The molecule has 84 valence electrons. The highest BCUT2D eigenvalue weighted by Gasteiger charge is 2.09. The summed E-state index contributed by atoms with van der Waals surface area (Å²) in [7, 11) is 0. The Hall–Kier alpha value is -1.03. The van der Waals surface area contributed by atoms with Crippen LogP contribution in [0.1, 0.15) is 31.5 Å². The van der Waals surface area contributed by atoms with E-state index in [1.165, 1.54) is 12.3 Å². The van der Waals surface area contributed by atoms with Crippen LogP contribution in [0.4, 0.5) is 8.78 Å². The van der Waals surface area contributed by atoms with Crippen molar-refractivity contribution in [1.82, 2.24) is 10.3 Å². The molecule has 0 aliphatic carbocycles. The molecule has 0 fully saturated rings. The third-order valence-electron chi connectivity index (χ3n) is 2.22. The maximum atomic E-state index is 12.6. The third-order valence-corrected chi connectivity index (χ3v) is 2.22. The van der Waals surface area contributed by atoms with Crippen molar-refractivity contribution < 1.29 is 8.78 Å². The first-order chi connectivity index (χ1) is 7.27. The number of hydrogen-bond donors (Lipinski definition) is 1. The molecule has 0 radical (unpaired) electrons. The minimum atomic E-state index is -0.336. The fraction of sp³-hybridized carbons (Fsp3) is 0.545. The van der Waals surface area contributed by atoms with Crippen LogP contribution >= 0.6 is 0 Å². The van der Waals surface area contributed by atoms with E-state index < -0.39 is 0 Å². The van der Waals surface area contributed by atoms with Gasteiger partial charge in [0, 0.05) is 6.04 Å². The molecule has 1 heterocycles. The summed E-state index contributed by atoms with van der Waals surface area (Å²) in [6.07, 6.45) is 2.55. The fourth-order valence-electron chi connectivity index (χ4n) is 1.39. The van der Waals surface area contributed by atoms with Gasteiger partial charge in [-0.15, -0.1) is 0 Å². The van der Waals surface area contributed by atoms with Gasteiger partial charge >= 0.3 is 0 Å². The molecule has 1 atom stereocenters. The summed E-state index contributed by atoms with van der Waals surface area (Å²) in [5.74, 6) is -0.336. The van der Waals surface area contributed by atoms with Gasteiger partial charge in [0.25, 0.3) is 0 Å². The van der Waals surface area contributed by atoms with Crippen LogP contribution in [0.3, 0.4) is 0 Å². The molecular formula is C11H16F2N2. The van der Waals surface area contributed by atoms with Crippen molar-refractivity contribution in [2.45, 2.75) is 25.8 Å². The van der Waals surface area contributed by atoms with E-state index >= 15 is 0 Å². The molecule has 2 nitrogen and oxygen atoms in total. The average Bonchev–Trinajstić information content (AvgIpc) is 2.26. The Morgan fingerprint density at radius 3 is 2.80 bits per heavy atom. The number of nitrogens with zero attached hydrogens (tertiary/aromatic N) is 1. The average molecular weight is 214 g/mol. The lowest BCUT2D eigenvalue weighted by molar-refractivity contribution is 0.431. The molecule has 15 heavy (non-hydrogen) atoms. The highest BCUT2D eigenvalue weighted by Crippen LogP contribution is 2.13. The van der Waals surface area contributed by atoms with Crippen LogP contribution in [0, 0.1) is 5.82 Å². The SMILES string of the molecule is CCC(NCCCF)c1ccc(F)cn1. The number of rotatable bonds is 6. The maximum Gasteiger partial charge on any atom is 0.141 e. The monoisotopic (exact) mass is 214 g/mol. The summed E-state index contributed by atoms with van der Waals surface area (Å²) in [6, 6.07) is 3.13. The highest BCUT2D eigenvalue weighted by molar-refractivity contribution is 5.09. The van der Waals surface area contributed by atoms with Gasteiger partial charge in [-0.25, -0.2) is 4.39 Å². The first kappa shape index (κ1) is 12.0. The van der Waals surface area contributed by atoms with Gasteiger partial charge in [0.05, 0.1) is 18.6 Å². The molecule has 0 saturated carbocycles. The van der Waals surface area contributed by atoms with Crippen LogP contribution in [0.15, 0.2) is 18.3 Å². The third kappa shape index (κ3) is 3.91. The molecule has 1 unspecified atom stereocenters. The quantitative estimate of drug-likeness (QED) is 0.736. The van der Waals surface area contributed by atoms with E-state index in [0.717, 1.165) is 12.1 Å². The predicted octanol–water partition coefficient (Wildman–Crippen LogP) is 2.62. The molecule has 0 aliphatic rings. The first-order valence-corrected chi connectivity index (χ1v) is 5.18. The van der Waals surface area contributed by atoms with Crippen molar-refractivity contribution in [2.75, 3.05) is 13.2 Å². The molecule has 1 N–H and O–H groups in total. The van der Waals surface area contributed by atoms with Crippen molar-refractivity contribution in [3.63, 3.8) is 0 Å². The van der Waals surface area contributed by atoms with E-state index in [9.17, 15) is 8.78 Å². The minimum absolute atomic E-state index is 0.0807. The van der Waals surface area contributed by atoms with Gasteiger partial charge in [-0.2, -0.15) is 0 Å². The summed E-state index contributed by atoms with van der Waals surface area (Å²) in [5.41, 5.74) is 0.803. The summed E-state index contributed by atoms with van der Waals surface area (Å²) in [6.45, 7) is 2.31. The van der Waals surface area contributed by atoms with Gasteiger partial charge in [-0.3, -0.25) is 9.37 Å². The number of nitrogens with one attached hydrogen (secondary N) is 1. The molecule has 0 aromatic carbocycles. The fourth-order valence-corrected chi connectivity index (χ4v) is 1.39. The lowest BCUT2D eigenvalue weighted by Gasteiger charge is -2.15. The van der Waals surface area contributed by atoms with Crippen LogP contribution in [0.2, 0.25) is 0 Å². The molecule has 0 amide bonds. The second-order valence-electron chi connectivity index (χ2n) is 3.36. The standard InChI is InChI=1S/C11H16F2N2/c1-2-10(14-7-3-6-12)11-5-4-9(13)8-15-11/h4-5,8,10,14H,2-3,6-7H2,1H3. The summed E-state index contributed by atoms with van der Waals surface area (Å²) in [5, 5.41) is 3.18. The van der Waals surface area contributed by atoms with Crippen LogP contribution in [0.5, 0.6) is 0 Å². The van der Waals surface area contributed by atoms with Gasteiger partial charge in [0.2, 0.25) is 0 Å². The Balaban J connectivity index is 2.53. The molecule has 0 saturated heterocycles. The van der Waals surface area contributed by atoms with E-state index in [0.29, 0.717) is 13.0 Å². The molecule has 1 rings (SSSR count). The maximum absolute atomic E-state index is 12.6. The lowest BCUT2D eigenvalue weighted by Crippen LogP contribution is -2.23. The van der Waals surface area contributed by atoms with Crippen LogP contribution in [0.25, 0.3) is 0 Å². The van der Waals surface area contributed by atoms with Gasteiger partial charge in [0.1, 0.15) is 5.82 Å². The van der Waals surface area contributed by atoms with Gasteiger partial charge in [-0.05, 0) is 31.5 Å². The number of aromatic nitrogens is 1. The van der Waals surface area contributed by atoms with E-state index in [1.54, 1.807) is 6.07 Å². The van der Waals surface area contributed by atoms with Crippen LogP contribution < -0.4 is 5.32 Å². The second kappa shape index (κ2) is 6.45. The Kier molecular flexibility index (Phi) is 5.18. The zero-order chi connectivity index (χ0) is 11.1. The first-order valence-electron chi connectivity index (χ1n) is 5.18. The highest BCUT2D eigenvalue weighted by atomic mass is 19.1. The number of hydrogen-bond acceptors (Lipinski definition) is 2. The van der Waals surface area contributed by atoms with Crippen LogP contribution in [-0.4, -0.2) is 18.2 Å². The predicted molar refractivity (Wildman–Crippen MR) is 55.8 cm³/mol. The number of halogens is 2. The summed E-state index contributed by atoms with van der Waals surface area (Å²) in [4.78, 5) is 4.00. The summed E-state index contributed by atoms with van der Waals surface area (Å²) >= 11 is 0. The molecule has 4 heteroatoms. The normalized spacial score (nSPS) is 12.7. The number of alkyl halides is 1. The minimum Gasteiger partial charge on any atom is -0.309 e. The molecule has 0 aliphatic heterocycles. The number of pyridine rings is 1. The zero-order valence-electron chi connectivity index (χ0n) is 8.84. The van der Waals surface area contributed by atoms with E-state index in [2.05, 4.69) is 10.3 Å². The molecular weight excluding hydrogens is 198 g/mol. The van der Waals surface area contributed by atoms with Crippen molar-refractivity contribution in [3.05, 3.63) is 29.8 Å². The van der Waals surface area contributed by atoms with Crippen molar-refractivity contribution in [2.24, 2.45) is 0 Å². The Morgan fingerprint density at radius 2 is 2.27 bits per heavy atom. The van der Waals surface area contributed by atoms with Crippen molar-refractivity contribution in [1.29, 1.82) is 0 Å². The smallest absolute Gasteiger partial charge is 0.141 e. The molecule has 1 aromatic heterocycles. The van der Waals surface area contributed by atoms with Gasteiger partial charge in [0.15, 0.2) is 0 Å². The Morgan fingerprint density at radius 1 is 1.47 bits per heavy atom. The van der Waals surface area contributed by atoms with Crippen molar-refractivity contribution >= 4 is 0 Å².